The number of halogens is 6. The van der Waals surface area contributed by atoms with Crippen molar-refractivity contribution in [2.45, 2.75) is 57.0 Å². The van der Waals surface area contributed by atoms with Gasteiger partial charge in [-0.1, -0.05) is 25.5 Å². The molecular weight excluding hydrogens is 262 g/mol. The molecule has 7 heteroatoms. The molecule has 0 aromatic carbocycles. The number of rotatable bonds is 6. The summed E-state index contributed by atoms with van der Waals surface area (Å²) in [6, 6.07) is 0. The highest BCUT2D eigenvalue weighted by molar-refractivity contribution is 4.94. The lowest BCUT2D eigenvalue weighted by atomic mass is 9.95. The summed E-state index contributed by atoms with van der Waals surface area (Å²) in [4.78, 5) is 0. The smallest absolute Gasteiger partial charge is 0.374 e. The molecule has 0 heterocycles. The van der Waals surface area contributed by atoms with E-state index in [0.29, 0.717) is 0 Å². The van der Waals surface area contributed by atoms with Crippen LogP contribution < -0.4 is 0 Å². The zero-order valence-corrected chi connectivity index (χ0v) is 9.91. The van der Waals surface area contributed by atoms with E-state index in [2.05, 4.69) is 0 Å². The lowest BCUT2D eigenvalue weighted by Gasteiger charge is -2.32. The second-order valence-corrected chi connectivity index (χ2v) is 4.01. The van der Waals surface area contributed by atoms with Gasteiger partial charge in [-0.15, -0.1) is 0 Å². The minimum absolute atomic E-state index is 0.0778. The average molecular weight is 278 g/mol. The molecule has 0 saturated carbocycles. The van der Waals surface area contributed by atoms with Crippen LogP contribution in [0.15, 0.2) is 12.2 Å². The molecule has 18 heavy (non-hydrogen) atoms. The molecule has 0 fully saturated rings. The van der Waals surface area contributed by atoms with Crippen molar-refractivity contribution in [2.75, 3.05) is 0 Å². The first kappa shape index (κ1) is 17.3. The number of hydrogen-bond donors (Lipinski definition) is 1. The highest BCUT2D eigenvalue weighted by atomic mass is 19.4. The number of alkyl halides is 6. The number of aliphatic hydroxyl groups is 1. The van der Waals surface area contributed by atoms with Gasteiger partial charge < -0.3 is 5.11 Å². The molecule has 0 radical (unpaired) electrons. The van der Waals surface area contributed by atoms with E-state index in [1.54, 1.807) is 6.08 Å². The second kappa shape index (κ2) is 6.45. The molecule has 108 valence electrons. The summed E-state index contributed by atoms with van der Waals surface area (Å²) in [5.74, 6) is 0. The molecule has 0 rings (SSSR count). The van der Waals surface area contributed by atoms with Gasteiger partial charge in [0.2, 0.25) is 0 Å². The van der Waals surface area contributed by atoms with Gasteiger partial charge in [0.15, 0.2) is 0 Å². The van der Waals surface area contributed by atoms with Gasteiger partial charge in [-0.3, -0.25) is 0 Å². The second-order valence-electron chi connectivity index (χ2n) is 4.01. The SMILES string of the molecule is CCC/C=C\CCCC(O)(C(F)(F)F)C(F)(F)F. The van der Waals surface area contributed by atoms with Gasteiger partial charge in [0, 0.05) is 0 Å². The summed E-state index contributed by atoms with van der Waals surface area (Å²) >= 11 is 0. The van der Waals surface area contributed by atoms with E-state index >= 15 is 0 Å². The van der Waals surface area contributed by atoms with Crippen molar-refractivity contribution in [1.82, 2.24) is 0 Å². The number of allylic oxidation sites excluding steroid dienone is 2. The molecule has 1 nitrogen and oxygen atoms in total. The molecule has 0 unspecified atom stereocenters. The van der Waals surface area contributed by atoms with E-state index in [-0.39, 0.29) is 12.8 Å². The van der Waals surface area contributed by atoms with Crippen LogP contribution in [-0.2, 0) is 0 Å². The Morgan fingerprint density at radius 1 is 0.889 bits per heavy atom. The zero-order chi connectivity index (χ0) is 14.4. The first-order valence-corrected chi connectivity index (χ1v) is 5.57. The molecular formula is C11H16F6O. The van der Waals surface area contributed by atoms with E-state index < -0.39 is 24.4 Å². The summed E-state index contributed by atoms with van der Waals surface area (Å²) in [6.07, 6.45) is -8.30. The van der Waals surface area contributed by atoms with Crippen molar-refractivity contribution in [3.05, 3.63) is 12.2 Å². The Labute approximate surface area is 101 Å². The van der Waals surface area contributed by atoms with Gasteiger partial charge in [-0.2, -0.15) is 26.3 Å². The topological polar surface area (TPSA) is 20.2 Å². The van der Waals surface area contributed by atoms with Crippen molar-refractivity contribution in [3.8, 4) is 0 Å². The third kappa shape index (κ3) is 4.51. The van der Waals surface area contributed by atoms with Crippen molar-refractivity contribution < 1.29 is 31.4 Å². The summed E-state index contributed by atoms with van der Waals surface area (Å²) in [5.41, 5.74) is -4.61. The maximum Gasteiger partial charge on any atom is 0.426 e. The summed E-state index contributed by atoms with van der Waals surface area (Å²) in [5, 5.41) is 8.81. The lowest BCUT2D eigenvalue weighted by Crippen LogP contribution is -2.56. The van der Waals surface area contributed by atoms with Gasteiger partial charge in [-0.05, 0) is 25.7 Å². The molecule has 0 aliphatic heterocycles. The van der Waals surface area contributed by atoms with Crippen LogP contribution in [-0.4, -0.2) is 23.1 Å². The van der Waals surface area contributed by atoms with E-state index in [0.717, 1.165) is 12.8 Å². The predicted octanol–water partition coefficient (Wildman–Crippen LogP) is 4.37. The third-order valence-corrected chi connectivity index (χ3v) is 2.47. The molecule has 0 aliphatic rings. The van der Waals surface area contributed by atoms with Crippen LogP contribution in [0.2, 0.25) is 0 Å². The Bertz CT molecular complexity index is 252. The Morgan fingerprint density at radius 2 is 1.33 bits per heavy atom. The molecule has 1 N–H and O–H groups in total. The van der Waals surface area contributed by atoms with Gasteiger partial charge >= 0.3 is 12.4 Å². The van der Waals surface area contributed by atoms with Crippen LogP contribution in [0.25, 0.3) is 0 Å². The summed E-state index contributed by atoms with van der Waals surface area (Å²) < 4.78 is 73.5. The van der Waals surface area contributed by atoms with Gasteiger partial charge in [-0.25, -0.2) is 0 Å². The minimum Gasteiger partial charge on any atom is -0.374 e. The highest BCUT2D eigenvalue weighted by Gasteiger charge is 2.69. The average Bonchev–Trinajstić information content (AvgIpc) is 2.19. The Balaban J connectivity index is 4.48. The fraction of sp³-hybridized carbons (Fsp3) is 0.818. The molecule has 0 atom stereocenters. The molecule has 0 amide bonds. The van der Waals surface area contributed by atoms with E-state index in [1.165, 1.54) is 6.08 Å². The molecule has 0 aromatic rings. The highest BCUT2D eigenvalue weighted by Crippen LogP contribution is 2.45. The molecule has 0 aliphatic carbocycles. The van der Waals surface area contributed by atoms with Crippen LogP contribution in [0.1, 0.15) is 39.0 Å². The van der Waals surface area contributed by atoms with Gasteiger partial charge in [0.1, 0.15) is 0 Å². The largest absolute Gasteiger partial charge is 0.426 e. The fourth-order valence-corrected chi connectivity index (χ4v) is 1.32. The van der Waals surface area contributed by atoms with Crippen LogP contribution in [0.5, 0.6) is 0 Å². The molecule has 0 spiro atoms. The van der Waals surface area contributed by atoms with Crippen molar-refractivity contribution in [3.63, 3.8) is 0 Å². The third-order valence-electron chi connectivity index (χ3n) is 2.47. The number of unbranched alkanes of at least 4 members (excludes halogenated alkanes) is 2. The minimum atomic E-state index is -5.71. The monoisotopic (exact) mass is 278 g/mol. The Kier molecular flexibility index (Phi) is 6.19. The first-order valence-electron chi connectivity index (χ1n) is 5.57. The first-order chi connectivity index (χ1) is 8.06. The standard InChI is InChI=1S/C11H16F6O/c1-2-3-4-5-6-7-8-9(18,10(12,13)14)11(15,16)17/h4-5,18H,2-3,6-8H2,1H3/b5-4-. The van der Waals surface area contributed by atoms with Gasteiger partial charge in [0.25, 0.3) is 5.60 Å². The molecule has 0 aromatic heterocycles. The maximum atomic E-state index is 12.2. The Morgan fingerprint density at radius 3 is 1.72 bits per heavy atom. The zero-order valence-electron chi connectivity index (χ0n) is 9.91. The Hall–Kier alpha value is -0.720. The van der Waals surface area contributed by atoms with Crippen molar-refractivity contribution in [1.29, 1.82) is 0 Å². The lowest BCUT2D eigenvalue weighted by molar-refractivity contribution is -0.370. The normalized spacial score (nSPS) is 14.4. The fourth-order valence-electron chi connectivity index (χ4n) is 1.32. The number of hydrogen-bond acceptors (Lipinski definition) is 1. The van der Waals surface area contributed by atoms with E-state index in [4.69, 9.17) is 5.11 Å². The van der Waals surface area contributed by atoms with E-state index in [9.17, 15) is 26.3 Å². The van der Waals surface area contributed by atoms with Gasteiger partial charge in [0.05, 0.1) is 0 Å². The van der Waals surface area contributed by atoms with Crippen LogP contribution in [0.3, 0.4) is 0 Å². The maximum absolute atomic E-state index is 12.2. The van der Waals surface area contributed by atoms with Crippen molar-refractivity contribution >= 4 is 0 Å². The predicted molar refractivity (Wildman–Crippen MR) is 55.0 cm³/mol. The molecule has 0 saturated heterocycles. The van der Waals surface area contributed by atoms with Crippen LogP contribution >= 0.6 is 0 Å². The summed E-state index contributed by atoms with van der Waals surface area (Å²) in [6.45, 7) is 1.90. The van der Waals surface area contributed by atoms with E-state index in [1.807, 2.05) is 6.92 Å². The van der Waals surface area contributed by atoms with Crippen LogP contribution in [0.4, 0.5) is 26.3 Å². The van der Waals surface area contributed by atoms with Crippen molar-refractivity contribution in [2.24, 2.45) is 0 Å². The molecule has 0 bridgehead atoms. The van der Waals surface area contributed by atoms with Crippen LogP contribution in [0, 0.1) is 0 Å². The summed E-state index contributed by atoms with van der Waals surface area (Å²) in [7, 11) is 0. The quantitative estimate of drug-likeness (QED) is 0.434.